The lowest BCUT2D eigenvalue weighted by molar-refractivity contribution is 0.146. The summed E-state index contributed by atoms with van der Waals surface area (Å²) in [4.78, 5) is 8.52. The third-order valence-corrected chi connectivity index (χ3v) is 4.19. The van der Waals surface area contributed by atoms with Crippen molar-refractivity contribution in [3.63, 3.8) is 0 Å². The standard InChI is InChI=1S/C22H25FN4O3/c1-24-15-27-22-20(14-25-18-5-3-4-17(23)7-8-18)26-13-16-6-9-19(12-21(16)30-22)29-11-10-28-2/h3-9,12-13,15,17,25H,10-11,14H2,1-2H3,(H,24,27). The van der Waals surface area contributed by atoms with Gasteiger partial charge in [0.05, 0.1) is 19.5 Å². The van der Waals surface area contributed by atoms with E-state index < -0.39 is 6.17 Å². The van der Waals surface area contributed by atoms with E-state index in [1.807, 2.05) is 12.1 Å². The van der Waals surface area contributed by atoms with Gasteiger partial charge < -0.3 is 24.8 Å². The Morgan fingerprint density at radius 3 is 3.03 bits per heavy atom. The summed E-state index contributed by atoms with van der Waals surface area (Å²) < 4.78 is 30.2. The highest BCUT2D eigenvalue weighted by molar-refractivity contribution is 5.85. The number of hydrogen-bond donors (Lipinski definition) is 2. The molecule has 1 heterocycles. The summed E-state index contributed by atoms with van der Waals surface area (Å²) in [6, 6.07) is 5.54. The summed E-state index contributed by atoms with van der Waals surface area (Å²) in [6.07, 6.45) is 10.3. The van der Waals surface area contributed by atoms with E-state index in [9.17, 15) is 4.39 Å². The minimum absolute atomic E-state index is 0.364. The molecular formula is C22H25FN4O3. The summed E-state index contributed by atoms with van der Waals surface area (Å²) in [5, 5.41) is 6.26. The van der Waals surface area contributed by atoms with Crippen LogP contribution in [0.2, 0.25) is 0 Å². The van der Waals surface area contributed by atoms with Gasteiger partial charge in [-0.05, 0) is 36.4 Å². The first-order valence-corrected chi connectivity index (χ1v) is 9.52. The van der Waals surface area contributed by atoms with Crippen LogP contribution >= 0.6 is 0 Å². The smallest absolute Gasteiger partial charge is 0.222 e. The van der Waals surface area contributed by atoms with Crippen LogP contribution in [0.5, 0.6) is 11.5 Å². The molecule has 1 aromatic carbocycles. The van der Waals surface area contributed by atoms with Gasteiger partial charge in [0.2, 0.25) is 5.88 Å². The second-order valence-electron chi connectivity index (χ2n) is 6.37. The fraction of sp³-hybridized carbons (Fsp3) is 0.273. The Labute approximate surface area is 175 Å². The van der Waals surface area contributed by atoms with Gasteiger partial charge in [-0.2, -0.15) is 0 Å². The normalized spacial score (nSPS) is 17.8. The van der Waals surface area contributed by atoms with Gasteiger partial charge in [-0.15, -0.1) is 0 Å². The zero-order valence-corrected chi connectivity index (χ0v) is 17.0. The maximum atomic E-state index is 13.4. The van der Waals surface area contributed by atoms with Crippen LogP contribution in [0.3, 0.4) is 0 Å². The first-order chi connectivity index (χ1) is 14.7. The molecule has 7 nitrogen and oxygen atoms in total. The van der Waals surface area contributed by atoms with Crippen LogP contribution in [0.25, 0.3) is 0 Å². The number of nitrogens with one attached hydrogen (secondary N) is 2. The average molecular weight is 412 g/mol. The van der Waals surface area contributed by atoms with E-state index in [0.717, 1.165) is 11.3 Å². The highest BCUT2D eigenvalue weighted by Gasteiger charge is 2.16. The van der Waals surface area contributed by atoms with Gasteiger partial charge in [0, 0.05) is 37.7 Å². The molecule has 0 spiro atoms. The first kappa shape index (κ1) is 21.3. The quantitative estimate of drug-likeness (QED) is 0.371. The van der Waals surface area contributed by atoms with E-state index >= 15 is 0 Å². The molecule has 0 bridgehead atoms. The Kier molecular flexibility index (Phi) is 7.79. The lowest BCUT2D eigenvalue weighted by Gasteiger charge is -2.14. The minimum Gasteiger partial charge on any atom is -0.491 e. The molecule has 1 aliphatic heterocycles. The molecule has 0 saturated carbocycles. The molecule has 0 saturated heterocycles. The largest absolute Gasteiger partial charge is 0.491 e. The van der Waals surface area contributed by atoms with E-state index in [4.69, 9.17) is 14.2 Å². The predicted molar refractivity (Wildman–Crippen MR) is 116 cm³/mol. The summed E-state index contributed by atoms with van der Waals surface area (Å²) in [5.74, 6) is 1.72. The molecule has 1 atom stereocenters. The molecule has 8 heteroatoms. The first-order valence-electron chi connectivity index (χ1n) is 9.52. The summed E-state index contributed by atoms with van der Waals surface area (Å²) in [6.45, 7) is 1.30. The number of alkyl halides is 1. The van der Waals surface area contributed by atoms with Gasteiger partial charge in [0.1, 0.15) is 30.0 Å². The van der Waals surface area contributed by atoms with Crippen molar-refractivity contribution in [3.05, 3.63) is 71.4 Å². The van der Waals surface area contributed by atoms with Crippen molar-refractivity contribution < 1.29 is 18.6 Å². The number of hydrogen-bond acceptors (Lipinski definition) is 6. The van der Waals surface area contributed by atoms with Gasteiger partial charge in [0.25, 0.3) is 0 Å². The van der Waals surface area contributed by atoms with Crippen molar-refractivity contribution in [2.75, 3.05) is 33.9 Å². The third-order valence-electron chi connectivity index (χ3n) is 4.19. The van der Waals surface area contributed by atoms with Crippen molar-refractivity contribution in [3.8, 4) is 11.5 Å². The third kappa shape index (κ3) is 6.05. The molecule has 2 N–H and O–H groups in total. The number of methoxy groups -OCH3 is 1. The molecule has 3 rings (SSSR count). The van der Waals surface area contributed by atoms with E-state index in [-0.39, 0.29) is 0 Å². The molecule has 1 unspecified atom stereocenters. The zero-order chi connectivity index (χ0) is 21.2. The summed E-state index contributed by atoms with van der Waals surface area (Å²) in [7, 11) is 3.28. The number of rotatable bonds is 9. The molecule has 1 aromatic rings. The number of benzene rings is 1. The van der Waals surface area contributed by atoms with Crippen molar-refractivity contribution >= 4 is 12.6 Å². The maximum absolute atomic E-state index is 13.4. The summed E-state index contributed by atoms with van der Waals surface area (Å²) in [5.41, 5.74) is 2.22. The SMILES string of the molecule is CN=CNC1=C(CNC2=CC=CC(F)C=C2)N=Cc2ccc(OCCOC)cc2O1. The van der Waals surface area contributed by atoms with Crippen molar-refractivity contribution in [1.29, 1.82) is 0 Å². The highest BCUT2D eigenvalue weighted by Crippen LogP contribution is 2.28. The zero-order valence-electron chi connectivity index (χ0n) is 17.0. The molecule has 2 aliphatic rings. The average Bonchev–Trinajstić information content (AvgIpc) is 3.06. The number of ether oxygens (including phenoxy) is 3. The molecule has 1 aliphatic carbocycles. The van der Waals surface area contributed by atoms with E-state index in [0.29, 0.717) is 42.8 Å². The lowest BCUT2D eigenvalue weighted by Crippen LogP contribution is -2.23. The van der Waals surface area contributed by atoms with Gasteiger partial charge >= 0.3 is 0 Å². The fourth-order valence-electron chi connectivity index (χ4n) is 2.66. The van der Waals surface area contributed by atoms with Crippen molar-refractivity contribution in [2.45, 2.75) is 6.17 Å². The van der Waals surface area contributed by atoms with Crippen molar-refractivity contribution in [2.24, 2.45) is 9.98 Å². The fourth-order valence-corrected chi connectivity index (χ4v) is 2.66. The van der Waals surface area contributed by atoms with Crippen molar-refractivity contribution in [1.82, 2.24) is 10.6 Å². The number of halogens is 1. The molecular weight excluding hydrogens is 387 g/mol. The highest BCUT2D eigenvalue weighted by atomic mass is 19.1. The molecule has 158 valence electrons. The van der Waals surface area contributed by atoms with Crippen LogP contribution in [0.15, 0.2) is 75.8 Å². The molecule has 0 fully saturated rings. The van der Waals surface area contributed by atoms with Gasteiger partial charge in [-0.25, -0.2) is 4.39 Å². The second-order valence-corrected chi connectivity index (χ2v) is 6.37. The van der Waals surface area contributed by atoms with Crippen LogP contribution in [-0.2, 0) is 4.74 Å². The Morgan fingerprint density at radius 2 is 2.20 bits per heavy atom. The maximum Gasteiger partial charge on any atom is 0.222 e. The van der Waals surface area contributed by atoms with E-state index in [1.54, 1.807) is 44.7 Å². The Bertz CT molecular complexity index is 919. The predicted octanol–water partition coefficient (Wildman–Crippen LogP) is 2.88. The van der Waals surface area contributed by atoms with Crippen LogP contribution < -0.4 is 20.1 Å². The molecule has 0 radical (unpaired) electrons. The number of aliphatic imine (C=N–C) groups is 2. The Morgan fingerprint density at radius 1 is 1.30 bits per heavy atom. The van der Waals surface area contributed by atoms with Gasteiger partial charge in [-0.3, -0.25) is 9.98 Å². The second kappa shape index (κ2) is 11.0. The molecule has 0 amide bonds. The number of allylic oxidation sites excluding steroid dienone is 5. The molecule has 30 heavy (non-hydrogen) atoms. The number of fused-ring (bicyclic) bond motifs is 1. The van der Waals surface area contributed by atoms with Gasteiger partial charge in [-0.1, -0.05) is 6.08 Å². The van der Waals surface area contributed by atoms with Crippen LogP contribution in [0.4, 0.5) is 4.39 Å². The van der Waals surface area contributed by atoms with Gasteiger partial charge in [0.15, 0.2) is 0 Å². The van der Waals surface area contributed by atoms with E-state index in [1.165, 1.54) is 18.5 Å². The van der Waals surface area contributed by atoms with Crippen LogP contribution in [0, 0.1) is 0 Å². The molecule has 0 aromatic heterocycles. The van der Waals surface area contributed by atoms with Crippen LogP contribution in [-0.4, -0.2) is 52.6 Å². The minimum atomic E-state index is -1.09. The lowest BCUT2D eigenvalue weighted by atomic mass is 10.2. The van der Waals surface area contributed by atoms with E-state index in [2.05, 4.69) is 20.6 Å². The number of nitrogens with zero attached hydrogens (tertiary/aromatic N) is 2. The Balaban J connectivity index is 1.78. The Hall–Kier alpha value is -3.39. The van der Waals surface area contributed by atoms with Crippen LogP contribution in [0.1, 0.15) is 5.56 Å². The topological polar surface area (TPSA) is 76.5 Å². The summed E-state index contributed by atoms with van der Waals surface area (Å²) >= 11 is 0. The monoisotopic (exact) mass is 412 g/mol.